The first kappa shape index (κ1) is 11.6. The second-order valence-corrected chi connectivity index (χ2v) is 4.77. The summed E-state index contributed by atoms with van der Waals surface area (Å²) in [7, 11) is 0. The standard InChI is InChI=1S/C14H15N5/c1-8-4-5-11(15)7-12(8)13-17-18-14-16-9(2)6-10(3)19(13)14/h4-7H,15H2,1-3H3. The lowest BCUT2D eigenvalue weighted by Gasteiger charge is -2.07. The molecule has 2 N–H and O–H groups in total. The topological polar surface area (TPSA) is 69.1 Å². The minimum Gasteiger partial charge on any atom is -0.399 e. The lowest BCUT2D eigenvalue weighted by Crippen LogP contribution is -1.99. The summed E-state index contributed by atoms with van der Waals surface area (Å²) in [6.07, 6.45) is 0. The van der Waals surface area contributed by atoms with Crippen molar-refractivity contribution in [3.05, 3.63) is 41.2 Å². The zero-order chi connectivity index (χ0) is 13.6. The normalized spacial score (nSPS) is 11.1. The molecule has 5 heteroatoms. The van der Waals surface area contributed by atoms with E-state index in [1.807, 2.05) is 49.4 Å². The molecular formula is C14H15N5. The van der Waals surface area contributed by atoms with Crippen LogP contribution in [0.5, 0.6) is 0 Å². The van der Waals surface area contributed by atoms with Crippen molar-refractivity contribution in [2.75, 3.05) is 5.73 Å². The first-order chi connectivity index (χ1) is 9.06. The highest BCUT2D eigenvalue weighted by molar-refractivity contribution is 5.67. The van der Waals surface area contributed by atoms with Crippen LogP contribution in [0, 0.1) is 20.8 Å². The van der Waals surface area contributed by atoms with Crippen molar-refractivity contribution in [2.45, 2.75) is 20.8 Å². The zero-order valence-electron chi connectivity index (χ0n) is 11.2. The number of nitrogen functional groups attached to an aromatic ring is 1. The van der Waals surface area contributed by atoms with Gasteiger partial charge in [0.05, 0.1) is 0 Å². The average Bonchev–Trinajstić information content (AvgIpc) is 2.76. The Balaban J connectivity index is 2.34. The number of aryl methyl sites for hydroxylation is 3. The number of hydrogen-bond acceptors (Lipinski definition) is 4. The molecule has 3 aromatic rings. The van der Waals surface area contributed by atoms with E-state index in [-0.39, 0.29) is 0 Å². The summed E-state index contributed by atoms with van der Waals surface area (Å²) in [5.74, 6) is 1.40. The number of benzene rings is 1. The van der Waals surface area contributed by atoms with Gasteiger partial charge in [-0.25, -0.2) is 4.98 Å². The molecule has 5 nitrogen and oxygen atoms in total. The van der Waals surface area contributed by atoms with Crippen LogP contribution in [0.3, 0.4) is 0 Å². The highest BCUT2D eigenvalue weighted by atomic mass is 15.3. The Labute approximate surface area is 111 Å². The Morgan fingerprint density at radius 2 is 1.84 bits per heavy atom. The van der Waals surface area contributed by atoms with Crippen LogP contribution < -0.4 is 5.73 Å². The molecule has 0 aliphatic rings. The molecule has 0 spiro atoms. The van der Waals surface area contributed by atoms with Gasteiger partial charge in [-0.1, -0.05) is 6.07 Å². The summed E-state index contributed by atoms with van der Waals surface area (Å²) in [5, 5.41) is 8.41. The maximum Gasteiger partial charge on any atom is 0.255 e. The van der Waals surface area contributed by atoms with Gasteiger partial charge in [-0.15, -0.1) is 10.2 Å². The van der Waals surface area contributed by atoms with Crippen molar-refractivity contribution in [3.8, 4) is 11.4 Å². The predicted octanol–water partition coefficient (Wildman–Crippen LogP) is 2.30. The lowest BCUT2D eigenvalue weighted by atomic mass is 10.1. The number of hydrogen-bond donors (Lipinski definition) is 1. The number of nitrogens with two attached hydrogens (primary N) is 1. The average molecular weight is 253 g/mol. The van der Waals surface area contributed by atoms with Gasteiger partial charge in [0.15, 0.2) is 5.82 Å². The predicted molar refractivity (Wildman–Crippen MR) is 74.8 cm³/mol. The smallest absolute Gasteiger partial charge is 0.255 e. The molecule has 2 aromatic heterocycles. The summed E-state index contributed by atoms with van der Waals surface area (Å²) < 4.78 is 1.95. The summed E-state index contributed by atoms with van der Waals surface area (Å²) in [5.41, 5.74) is 10.7. The Kier molecular flexibility index (Phi) is 2.48. The third-order valence-corrected chi connectivity index (χ3v) is 3.20. The first-order valence-corrected chi connectivity index (χ1v) is 6.12. The molecular weight excluding hydrogens is 238 g/mol. The molecule has 0 atom stereocenters. The van der Waals surface area contributed by atoms with E-state index in [0.717, 1.165) is 34.0 Å². The maximum atomic E-state index is 5.87. The zero-order valence-corrected chi connectivity index (χ0v) is 11.2. The van der Waals surface area contributed by atoms with Gasteiger partial charge in [-0.2, -0.15) is 0 Å². The molecule has 0 aliphatic heterocycles. The molecule has 0 aliphatic carbocycles. The largest absolute Gasteiger partial charge is 0.399 e. The Morgan fingerprint density at radius 3 is 2.63 bits per heavy atom. The van der Waals surface area contributed by atoms with Gasteiger partial charge in [0, 0.05) is 22.6 Å². The highest BCUT2D eigenvalue weighted by Gasteiger charge is 2.13. The van der Waals surface area contributed by atoms with E-state index in [1.165, 1.54) is 0 Å². The minimum atomic E-state index is 0.620. The van der Waals surface area contributed by atoms with Crippen LogP contribution >= 0.6 is 0 Å². The SMILES string of the molecule is Cc1cc(C)n2c(-c3cc(N)ccc3C)nnc2n1. The van der Waals surface area contributed by atoms with Crippen molar-refractivity contribution in [1.29, 1.82) is 0 Å². The lowest BCUT2D eigenvalue weighted by molar-refractivity contribution is 1.02. The van der Waals surface area contributed by atoms with Gasteiger partial charge in [0.2, 0.25) is 0 Å². The summed E-state index contributed by atoms with van der Waals surface area (Å²) in [4.78, 5) is 4.39. The molecule has 0 radical (unpaired) electrons. The molecule has 0 amide bonds. The van der Waals surface area contributed by atoms with Crippen molar-refractivity contribution < 1.29 is 0 Å². The molecule has 3 rings (SSSR count). The number of anilines is 1. The first-order valence-electron chi connectivity index (χ1n) is 6.12. The number of rotatable bonds is 1. The van der Waals surface area contributed by atoms with Crippen molar-refractivity contribution in [3.63, 3.8) is 0 Å². The van der Waals surface area contributed by atoms with Crippen LogP contribution in [-0.2, 0) is 0 Å². The molecule has 0 saturated heterocycles. The van der Waals surface area contributed by atoms with Gasteiger partial charge in [0.1, 0.15) is 0 Å². The minimum absolute atomic E-state index is 0.620. The van der Waals surface area contributed by atoms with Gasteiger partial charge in [-0.05, 0) is 44.5 Å². The van der Waals surface area contributed by atoms with E-state index in [4.69, 9.17) is 5.73 Å². The number of fused-ring (bicyclic) bond motifs is 1. The molecule has 1 aromatic carbocycles. The monoisotopic (exact) mass is 253 g/mol. The van der Waals surface area contributed by atoms with Crippen LogP contribution in [0.2, 0.25) is 0 Å². The summed E-state index contributed by atoms with van der Waals surface area (Å²) in [6.45, 7) is 6.01. The van der Waals surface area contributed by atoms with E-state index < -0.39 is 0 Å². The third-order valence-electron chi connectivity index (χ3n) is 3.20. The van der Waals surface area contributed by atoms with Gasteiger partial charge in [-0.3, -0.25) is 4.40 Å². The highest BCUT2D eigenvalue weighted by Crippen LogP contribution is 2.25. The van der Waals surface area contributed by atoms with E-state index in [2.05, 4.69) is 15.2 Å². The van der Waals surface area contributed by atoms with Gasteiger partial charge in [0.25, 0.3) is 5.78 Å². The Hall–Kier alpha value is -2.43. The van der Waals surface area contributed by atoms with E-state index in [1.54, 1.807) is 0 Å². The maximum absolute atomic E-state index is 5.87. The summed E-state index contributed by atoms with van der Waals surface area (Å²) >= 11 is 0. The van der Waals surface area contributed by atoms with E-state index in [0.29, 0.717) is 5.78 Å². The molecule has 0 fully saturated rings. The molecule has 0 bridgehead atoms. The fourth-order valence-corrected chi connectivity index (χ4v) is 2.29. The van der Waals surface area contributed by atoms with Crippen molar-refractivity contribution in [2.24, 2.45) is 0 Å². The molecule has 2 heterocycles. The van der Waals surface area contributed by atoms with Crippen LogP contribution in [0.25, 0.3) is 17.2 Å². The number of aromatic nitrogens is 4. The van der Waals surface area contributed by atoms with E-state index in [9.17, 15) is 0 Å². The third kappa shape index (κ3) is 1.83. The molecule has 0 saturated carbocycles. The molecule has 19 heavy (non-hydrogen) atoms. The number of nitrogens with zero attached hydrogens (tertiary/aromatic N) is 4. The summed E-state index contributed by atoms with van der Waals surface area (Å²) in [6, 6.07) is 7.81. The fourth-order valence-electron chi connectivity index (χ4n) is 2.29. The van der Waals surface area contributed by atoms with Gasteiger partial charge >= 0.3 is 0 Å². The fraction of sp³-hybridized carbons (Fsp3) is 0.214. The van der Waals surface area contributed by atoms with E-state index >= 15 is 0 Å². The Morgan fingerprint density at radius 1 is 1.05 bits per heavy atom. The van der Waals surface area contributed by atoms with Crippen molar-refractivity contribution >= 4 is 11.5 Å². The van der Waals surface area contributed by atoms with Gasteiger partial charge < -0.3 is 5.73 Å². The van der Waals surface area contributed by atoms with Crippen LogP contribution in [0.4, 0.5) is 5.69 Å². The molecule has 0 unspecified atom stereocenters. The van der Waals surface area contributed by atoms with Crippen molar-refractivity contribution in [1.82, 2.24) is 19.6 Å². The van der Waals surface area contributed by atoms with Crippen LogP contribution in [0.15, 0.2) is 24.3 Å². The quantitative estimate of drug-likeness (QED) is 0.676. The Bertz CT molecular complexity index is 773. The van der Waals surface area contributed by atoms with Crippen LogP contribution in [-0.4, -0.2) is 19.6 Å². The molecule has 96 valence electrons. The van der Waals surface area contributed by atoms with Crippen LogP contribution in [0.1, 0.15) is 17.0 Å². The second-order valence-electron chi connectivity index (χ2n) is 4.77. The second kappa shape index (κ2) is 4.05.